The van der Waals surface area contributed by atoms with Crippen molar-refractivity contribution in [2.45, 2.75) is 13.3 Å². The van der Waals surface area contributed by atoms with Gasteiger partial charge in [0.2, 0.25) is 5.91 Å². The number of para-hydroxylation sites is 2. The molecular weight excluding hydrogens is 316 g/mol. The van der Waals surface area contributed by atoms with E-state index in [4.69, 9.17) is 9.47 Å². The van der Waals surface area contributed by atoms with E-state index in [0.717, 1.165) is 17.9 Å². The SMILES string of the molecule is C=CCOc1ccccc1NC(=O)CNc1ccc(OCCC)cc1. The number of hydrogen-bond acceptors (Lipinski definition) is 4. The van der Waals surface area contributed by atoms with Crippen LogP contribution in [0.2, 0.25) is 0 Å². The minimum absolute atomic E-state index is 0.152. The van der Waals surface area contributed by atoms with Gasteiger partial charge in [-0.2, -0.15) is 0 Å². The van der Waals surface area contributed by atoms with Gasteiger partial charge in [0.1, 0.15) is 18.1 Å². The third-order valence-electron chi connectivity index (χ3n) is 3.30. The number of benzene rings is 2. The Kier molecular flexibility index (Phi) is 7.38. The Morgan fingerprint density at radius 2 is 1.88 bits per heavy atom. The van der Waals surface area contributed by atoms with E-state index in [1.807, 2.05) is 42.5 Å². The molecule has 0 saturated heterocycles. The Morgan fingerprint density at radius 1 is 1.12 bits per heavy atom. The van der Waals surface area contributed by atoms with E-state index < -0.39 is 0 Å². The topological polar surface area (TPSA) is 59.6 Å². The monoisotopic (exact) mass is 340 g/mol. The minimum atomic E-state index is -0.152. The van der Waals surface area contributed by atoms with Crippen molar-refractivity contribution >= 4 is 17.3 Å². The molecule has 132 valence electrons. The van der Waals surface area contributed by atoms with Gasteiger partial charge in [0.25, 0.3) is 0 Å². The second-order valence-corrected chi connectivity index (χ2v) is 5.37. The molecule has 25 heavy (non-hydrogen) atoms. The van der Waals surface area contributed by atoms with Crippen LogP contribution in [0.15, 0.2) is 61.2 Å². The Labute approximate surface area is 148 Å². The standard InChI is InChI=1S/C20H24N2O3/c1-3-13-24-17-11-9-16(10-12-17)21-15-20(23)22-18-7-5-6-8-19(18)25-14-4-2/h4-12,21H,2-3,13-15H2,1H3,(H,22,23). The lowest BCUT2D eigenvalue weighted by molar-refractivity contribution is -0.114. The molecule has 0 atom stereocenters. The smallest absolute Gasteiger partial charge is 0.243 e. The second kappa shape index (κ2) is 10.0. The summed E-state index contributed by atoms with van der Waals surface area (Å²) in [4.78, 5) is 12.1. The largest absolute Gasteiger partial charge is 0.494 e. The molecule has 0 aliphatic carbocycles. The highest BCUT2D eigenvalue weighted by Crippen LogP contribution is 2.23. The normalized spacial score (nSPS) is 9.96. The summed E-state index contributed by atoms with van der Waals surface area (Å²) in [5.41, 5.74) is 1.50. The summed E-state index contributed by atoms with van der Waals surface area (Å²) in [6.45, 7) is 6.93. The molecule has 0 unspecified atom stereocenters. The van der Waals surface area contributed by atoms with E-state index in [9.17, 15) is 4.79 Å². The third-order valence-corrected chi connectivity index (χ3v) is 3.30. The lowest BCUT2D eigenvalue weighted by Crippen LogP contribution is -2.22. The first-order valence-corrected chi connectivity index (χ1v) is 8.32. The van der Waals surface area contributed by atoms with Gasteiger partial charge in [-0.05, 0) is 42.8 Å². The van der Waals surface area contributed by atoms with Crippen LogP contribution in [-0.4, -0.2) is 25.7 Å². The van der Waals surface area contributed by atoms with Crippen LogP contribution in [0.1, 0.15) is 13.3 Å². The molecule has 0 aliphatic rings. The number of amides is 1. The number of anilines is 2. The Balaban J connectivity index is 1.85. The van der Waals surface area contributed by atoms with Gasteiger partial charge in [-0.15, -0.1) is 0 Å². The van der Waals surface area contributed by atoms with Crippen LogP contribution in [0.3, 0.4) is 0 Å². The highest BCUT2D eigenvalue weighted by atomic mass is 16.5. The number of hydrogen-bond donors (Lipinski definition) is 2. The molecule has 2 aromatic carbocycles. The molecule has 1 amide bonds. The molecule has 0 saturated carbocycles. The molecule has 0 aliphatic heterocycles. The molecule has 0 fully saturated rings. The van der Waals surface area contributed by atoms with Gasteiger partial charge in [0.05, 0.1) is 18.8 Å². The fraction of sp³-hybridized carbons (Fsp3) is 0.250. The summed E-state index contributed by atoms with van der Waals surface area (Å²) < 4.78 is 11.1. The van der Waals surface area contributed by atoms with E-state index in [0.29, 0.717) is 24.7 Å². The lowest BCUT2D eigenvalue weighted by Gasteiger charge is -2.12. The summed E-state index contributed by atoms with van der Waals surface area (Å²) in [6.07, 6.45) is 2.63. The maximum atomic E-state index is 12.1. The molecule has 0 heterocycles. The lowest BCUT2D eigenvalue weighted by atomic mass is 10.3. The number of carbonyl (C=O) groups excluding carboxylic acids is 1. The Bertz CT molecular complexity index is 684. The van der Waals surface area contributed by atoms with Crippen LogP contribution < -0.4 is 20.1 Å². The zero-order valence-electron chi connectivity index (χ0n) is 14.5. The minimum Gasteiger partial charge on any atom is -0.494 e. The van der Waals surface area contributed by atoms with Crippen LogP contribution in [-0.2, 0) is 4.79 Å². The summed E-state index contributed by atoms with van der Waals surface area (Å²) in [6, 6.07) is 14.9. The van der Waals surface area contributed by atoms with Gasteiger partial charge in [0, 0.05) is 5.69 Å². The van der Waals surface area contributed by atoms with E-state index >= 15 is 0 Å². The van der Waals surface area contributed by atoms with Crippen molar-refractivity contribution in [3.63, 3.8) is 0 Å². The molecule has 5 heteroatoms. The molecule has 0 spiro atoms. The molecular formula is C20H24N2O3. The van der Waals surface area contributed by atoms with Crippen molar-refractivity contribution in [2.24, 2.45) is 0 Å². The van der Waals surface area contributed by atoms with E-state index in [-0.39, 0.29) is 12.5 Å². The van der Waals surface area contributed by atoms with E-state index in [2.05, 4.69) is 24.1 Å². The summed E-state index contributed by atoms with van der Waals surface area (Å²) in [5.74, 6) is 1.29. The van der Waals surface area contributed by atoms with E-state index in [1.54, 1.807) is 12.1 Å². The predicted octanol–water partition coefficient (Wildman–Crippen LogP) is 4.09. The fourth-order valence-electron chi connectivity index (χ4n) is 2.11. The Morgan fingerprint density at radius 3 is 2.60 bits per heavy atom. The maximum Gasteiger partial charge on any atom is 0.243 e. The van der Waals surface area contributed by atoms with Gasteiger partial charge in [-0.1, -0.05) is 31.7 Å². The van der Waals surface area contributed by atoms with Gasteiger partial charge in [0.15, 0.2) is 0 Å². The van der Waals surface area contributed by atoms with Crippen molar-refractivity contribution in [1.82, 2.24) is 0 Å². The molecule has 2 aromatic rings. The summed E-state index contributed by atoms with van der Waals surface area (Å²) in [7, 11) is 0. The average Bonchev–Trinajstić information content (AvgIpc) is 2.65. The fourth-order valence-corrected chi connectivity index (χ4v) is 2.11. The number of ether oxygens (including phenoxy) is 2. The average molecular weight is 340 g/mol. The van der Waals surface area contributed by atoms with Crippen molar-refractivity contribution in [3.8, 4) is 11.5 Å². The van der Waals surface area contributed by atoms with Gasteiger partial charge in [-0.3, -0.25) is 4.79 Å². The van der Waals surface area contributed by atoms with Gasteiger partial charge in [-0.25, -0.2) is 0 Å². The highest BCUT2D eigenvalue weighted by molar-refractivity contribution is 5.95. The number of rotatable bonds is 10. The van der Waals surface area contributed by atoms with Crippen molar-refractivity contribution in [2.75, 3.05) is 30.4 Å². The number of carbonyl (C=O) groups is 1. The van der Waals surface area contributed by atoms with Crippen molar-refractivity contribution < 1.29 is 14.3 Å². The van der Waals surface area contributed by atoms with Gasteiger partial charge >= 0.3 is 0 Å². The molecule has 5 nitrogen and oxygen atoms in total. The first-order valence-electron chi connectivity index (χ1n) is 8.32. The van der Waals surface area contributed by atoms with Crippen molar-refractivity contribution in [1.29, 1.82) is 0 Å². The van der Waals surface area contributed by atoms with Crippen LogP contribution in [0.4, 0.5) is 11.4 Å². The molecule has 2 rings (SSSR count). The molecule has 0 bridgehead atoms. The predicted molar refractivity (Wildman–Crippen MR) is 101 cm³/mol. The molecule has 2 N–H and O–H groups in total. The first-order chi connectivity index (χ1) is 12.2. The highest BCUT2D eigenvalue weighted by Gasteiger charge is 2.07. The number of nitrogens with one attached hydrogen (secondary N) is 2. The molecule has 0 aromatic heterocycles. The van der Waals surface area contributed by atoms with Crippen molar-refractivity contribution in [3.05, 3.63) is 61.2 Å². The summed E-state index contributed by atoms with van der Waals surface area (Å²) >= 11 is 0. The zero-order valence-corrected chi connectivity index (χ0v) is 14.5. The van der Waals surface area contributed by atoms with Crippen LogP contribution in [0.25, 0.3) is 0 Å². The first kappa shape index (κ1) is 18.4. The zero-order chi connectivity index (χ0) is 17.9. The third kappa shape index (κ3) is 6.22. The quantitative estimate of drug-likeness (QED) is 0.640. The summed E-state index contributed by atoms with van der Waals surface area (Å²) in [5, 5.41) is 5.93. The van der Waals surface area contributed by atoms with Gasteiger partial charge < -0.3 is 20.1 Å². The van der Waals surface area contributed by atoms with Crippen LogP contribution in [0, 0.1) is 0 Å². The second-order valence-electron chi connectivity index (χ2n) is 5.37. The molecule has 0 radical (unpaired) electrons. The van der Waals surface area contributed by atoms with Crippen LogP contribution in [0.5, 0.6) is 11.5 Å². The van der Waals surface area contributed by atoms with E-state index in [1.165, 1.54) is 0 Å². The maximum absolute atomic E-state index is 12.1. The van der Waals surface area contributed by atoms with Crippen LogP contribution >= 0.6 is 0 Å². The Hall–Kier alpha value is -2.95.